The van der Waals surface area contributed by atoms with Crippen molar-refractivity contribution in [3.63, 3.8) is 0 Å². The molecular weight excluding hydrogens is 489 g/mol. The highest BCUT2D eigenvalue weighted by Gasteiger charge is 2.37. The minimum absolute atomic E-state index is 0.0142. The molecule has 0 saturated heterocycles. The standard InChI is InChI=1S/C26H31Cl2N3O4/c1-7-30(8-2)19-13-11-18(12-14-19)29-22(23(32)26(4,5)6)24(33)31(25(34)35-9-3)21-15-10-17(27)16-20(21)28/h10-16H,7-9H2,1-6H3. The van der Waals surface area contributed by atoms with Crippen molar-refractivity contribution in [3.05, 3.63) is 52.5 Å². The molecule has 0 radical (unpaired) electrons. The molecule has 0 aliphatic rings. The topological polar surface area (TPSA) is 79.3 Å². The molecule has 0 aliphatic carbocycles. The molecular formula is C26H31Cl2N3O4. The normalized spacial score (nSPS) is 11.7. The Morgan fingerprint density at radius 3 is 2.03 bits per heavy atom. The quantitative estimate of drug-likeness (QED) is 0.285. The number of nitrogens with zero attached hydrogens (tertiary/aromatic N) is 3. The van der Waals surface area contributed by atoms with Crippen molar-refractivity contribution >= 4 is 63.8 Å². The highest BCUT2D eigenvalue weighted by atomic mass is 35.5. The van der Waals surface area contributed by atoms with Gasteiger partial charge in [0.05, 0.1) is 23.0 Å². The molecule has 2 rings (SSSR count). The van der Waals surface area contributed by atoms with Gasteiger partial charge in [0.2, 0.25) is 0 Å². The molecule has 9 heteroatoms. The lowest BCUT2D eigenvalue weighted by Gasteiger charge is -2.24. The molecule has 188 valence electrons. The molecule has 2 amide bonds. The maximum atomic E-state index is 13.7. The van der Waals surface area contributed by atoms with E-state index in [1.807, 2.05) is 12.1 Å². The maximum absolute atomic E-state index is 13.7. The second-order valence-corrected chi connectivity index (χ2v) is 9.51. The first kappa shape index (κ1) is 28.3. The van der Waals surface area contributed by atoms with Gasteiger partial charge in [0.15, 0.2) is 11.5 Å². The van der Waals surface area contributed by atoms with E-state index in [1.165, 1.54) is 18.2 Å². The molecule has 0 bridgehead atoms. The number of hydrogen-bond acceptors (Lipinski definition) is 6. The van der Waals surface area contributed by atoms with Gasteiger partial charge in [-0.2, -0.15) is 0 Å². The molecule has 0 spiro atoms. The molecule has 2 aromatic carbocycles. The number of rotatable bonds is 8. The van der Waals surface area contributed by atoms with E-state index in [2.05, 4.69) is 23.7 Å². The van der Waals surface area contributed by atoms with Gasteiger partial charge in [0.1, 0.15) is 0 Å². The number of amides is 2. The van der Waals surface area contributed by atoms with Crippen LogP contribution in [-0.4, -0.2) is 43.2 Å². The third kappa shape index (κ3) is 7.05. The van der Waals surface area contributed by atoms with E-state index in [0.717, 1.165) is 23.7 Å². The van der Waals surface area contributed by atoms with E-state index in [0.29, 0.717) is 10.7 Å². The van der Waals surface area contributed by atoms with E-state index in [1.54, 1.807) is 39.8 Å². The molecule has 0 fully saturated rings. The Labute approximate surface area is 216 Å². The lowest BCUT2D eigenvalue weighted by atomic mass is 9.87. The van der Waals surface area contributed by atoms with Crippen LogP contribution in [0.2, 0.25) is 10.0 Å². The zero-order chi connectivity index (χ0) is 26.3. The summed E-state index contributed by atoms with van der Waals surface area (Å²) in [5.74, 6) is -1.48. The van der Waals surface area contributed by atoms with Crippen LogP contribution in [0.4, 0.5) is 21.9 Å². The first-order valence-electron chi connectivity index (χ1n) is 11.4. The van der Waals surface area contributed by atoms with Crippen LogP contribution in [-0.2, 0) is 14.3 Å². The molecule has 0 N–H and O–H groups in total. The van der Waals surface area contributed by atoms with Crippen LogP contribution in [0.15, 0.2) is 47.5 Å². The zero-order valence-corrected chi connectivity index (χ0v) is 22.4. The number of benzene rings is 2. The molecule has 35 heavy (non-hydrogen) atoms. The summed E-state index contributed by atoms with van der Waals surface area (Å²) in [4.78, 5) is 47.2. The van der Waals surface area contributed by atoms with Crippen LogP contribution in [0, 0.1) is 5.41 Å². The van der Waals surface area contributed by atoms with Crippen molar-refractivity contribution in [2.75, 3.05) is 29.5 Å². The van der Waals surface area contributed by atoms with E-state index in [-0.39, 0.29) is 17.3 Å². The van der Waals surface area contributed by atoms with Gasteiger partial charge in [0, 0.05) is 29.2 Å². The highest BCUT2D eigenvalue weighted by molar-refractivity contribution is 6.70. The Morgan fingerprint density at radius 1 is 0.943 bits per heavy atom. The lowest BCUT2D eigenvalue weighted by Crippen LogP contribution is -2.46. The fourth-order valence-electron chi connectivity index (χ4n) is 3.25. The predicted octanol–water partition coefficient (Wildman–Crippen LogP) is 6.72. The van der Waals surface area contributed by atoms with Crippen molar-refractivity contribution in [2.24, 2.45) is 10.4 Å². The fourth-order valence-corrected chi connectivity index (χ4v) is 3.75. The average Bonchev–Trinajstić information content (AvgIpc) is 2.80. The van der Waals surface area contributed by atoms with Gasteiger partial charge in [-0.25, -0.2) is 14.7 Å². The van der Waals surface area contributed by atoms with Gasteiger partial charge in [-0.1, -0.05) is 44.0 Å². The van der Waals surface area contributed by atoms with E-state index < -0.39 is 28.9 Å². The number of ketones is 1. The number of ether oxygens (including phenoxy) is 1. The van der Waals surface area contributed by atoms with Gasteiger partial charge in [-0.15, -0.1) is 0 Å². The van der Waals surface area contributed by atoms with Gasteiger partial charge in [0.25, 0.3) is 5.91 Å². The Bertz CT molecular complexity index is 1100. The average molecular weight is 520 g/mol. The number of imide groups is 1. The minimum atomic E-state index is -0.979. The van der Waals surface area contributed by atoms with E-state index >= 15 is 0 Å². The summed E-state index contributed by atoms with van der Waals surface area (Å²) in [6.07, 6.45) is -0.979. The van der Waals surface area contributed by atoms with Crippen molar-refractivity contribution in [1.29, 1.82) is 0 Å². The Kier molecular flexibility index (Phi) is 9.86. The monoisotopic (exact) mass is 519 g/mol. The van der Waals surface area contributed by atoms with E-state index in [4.69, 9.17) is 27.9 Å². The smallest absolute Gasteiger partial charge is 0.421 e. The number of aliphatic imine (C=N–C) groups is 1. The molecule has 0 unspecified atom stereocenters. The largest absolute Gasteiger partial charge is 0.449 e. The predicted molar refractivity (Wildman–Crippen MR) is 143 cm³/mol. The number of carbonyl (C=O) groups is 3. The minimum Gasteiger partial charge on any atom is -0.449 e. The third-order valence-electron chi connectivity index (χ3n) is 5.12. The number of halogens is 2. The van der Waals surface area contributed by atoms with Gasteiger partial charge < -0.3 is 9.64 Å². The molecule has 0 aliphatic heterocycles. The van der Waals surface area contributed by atoms with Crippen molar-refractivity contribution < 1.29 is 19.1 Å². The summed E-state index contributed by atoms with van der Waals surface area (Å²) in [6, 6.07) is 11.5. The van der Waals surface area contributed by atoms with Crippen LogP contribution in [0.25, 0.3) is 0 Å². The second-order valence-electron chi connectivity index (χ2n) is 8.66. The first-order valence-corrected chi connectivity index (χ1v) is 12.1. The van der Waals surface area contributed by atoms with Gasteiger partial charge >= 0.3 is 6.09 Å². The third-order valence-corrected chi connectivity index (χ3v) is 5.66. The Hall–Kier alpha value is -2.90. The summed E-state index contributed by atoms with van der Waals surface area (Å²) >= 11 is 12.3. The maximum Gasteiger partial charge on any atom is 0.421 e. The number of hydrogen-bond donors (Lipinski definition) is 0. The molecule has 0 aromatic heterocycles. The Morgan fingerprint density at radius 2 is 1.54 bits per heavy atom. The van der Waals surface area contributed by atoms with E-state index in [9.17, 15) is 14.4 Å². The lowest BCUT2D eigenvalue weighted by molar-refractivity contribution is -0.121. The summed E-state index contributed by atoms with van der Waals surface area (Å²) in [7, 11) is 0. The SMILES string of the molecule is CCOC(=O)N(C(=O)C(=Nc1ccc(N(CC)CC)cc1)C(=O)C(C)(C)C)c1ccc(Cl)cc1Cl. The van der Waals surface area contributed by atoms with Gasteiger partial charge in [-0.3, -0.25) is 9.59 Å². The van der Waals surface area contributed by atoms with Crippen LogP contribution in [0.1, 0.15) is 41.5 Å². The van der Waals surface area contributed by atoms with Crippen molar-refractivity contribution in [3.8, 4) is 0 Å². The summed E-state index contributed by atoms with van der Waals surface area (Å²) in [6.45, 7) is 12.4. The number of carbonyl (C=O) groups excluding carboxylic acids is 3. The van der Waals surface area contributed by atoms with Crippen LogP contribution in [0.3, 0.4) is 0 Å². The molecule has 2 aromatic rings. The molecule has 7 nitrogen and oxygen atoms in total. The van der Waals surface area contributed by atoms with Crippen LogP contribution >= 0.6 is 23.2 Å². The van der Waals surface area contributed by atoms with Gasteiger partial charge in [-0.05, 0) is 63.2 Å². The van der Waals surface area contributed by atoms with Crippen LogP contribution in [0.5, 0.6) is 0 Å². The fraction of sp³-hybridized carbons (Fsp3) is 0.385. The highest BCUT2D eigenvalue weighted by Crippen LogP contribution is 2.31. The molecule has 0 atom stereocenters. The zero-order valence-electron chi connectivity index (χ0n) is 20.9. The summed E-state index contributed by atoms with van der Waals surface area (Å²) in [5.41, 5.74) is 0.0654. The summed E-state index contributed by atoms with van der Waals surface area (Å²) in [5, 5.41) is 0.369. The number of Topliss-reactive ketones (excluding diaryl/α,β-unsaturated/α-hetero) is 1. The molecule has 0 saturated carbocycles. The Balaban J connectivity index is 2.64. The van der Waals surface area contributed by atoms with Crippen LogP contribution < -0.4 is 9.80 Å². The molecule has 0 heterocycles. The second kappa shape index (κ2) is 12.2. The summed E-state index contributed by atoms with van der Waals surface area (Å²) < 4.78 is 5.10. The number of anilines is 2. The first-order chi connectivity index (χ1) is 16.4. The van der Waals surface area contributed by atoms with Crippen molar-refractivity contribution in [2.45, 2.75) is 41.5 Å². The van der Waals surface area contributed by atoms with Crippen molar-refractivity contribution in [1.82, 2.24) is 0 Å².